The zero-order valence-electron chi connectivity index (χ0n) is 11.7. The Morgan fingerprint density at radius 3 is 2.48 bits per heavy atom. The number of methoxy groups -OCH3 is 1. The Morgan fingerprint density at radius 1 is 1.05 bits per heavy atom. The summed E-state index contributed by atoms with van der Waals surface area (Å²) in [4.78, 5) is 5.82. The SMILES string of the molecule is COc1ccccc1-c1nc(CN)c(-c2ccccc2)s1. The Bertz CT molecular complexity index is 738. The molecule has 0 atom stereocenters. The van der Waals surface area contributed by atoms with Gasteiger partial charge in [0.05, 0.1) is 23.2 Å². The van der Waals surface area contributed by atoms with Crippen LogP contribution < -0.4 is 10.5 Å². The molecule has 0 fully saturated rings. The first kappa shape index (κ1) is 13.8. The van der Waals surface area contributed by atoms with Crippen molar-refractivity contribution in [1.82, 2.24) is 4.98 Å². The van der Waals surface area contributed by atoms with Gasteiger partial charge in [0.2, 0.25) is 0 Å². The molecule has 0 saturated carbocycles. The number of thiazole rings is 1. The summed E-state index contributed by atoms with van der Waals surface area (Å²) in [6, 6.07) is 18.1. The Labute approximate surface area is 128 Å². The van der Waals surface area contributed by atoms with E-state index in [1.807, 2.05) is 42.5 Å². The molecule has 0 bridgehead atoms. The maximum absolute atomic E-state index is 5.86. The molecule has 0 aliphatic rings. The second-order valence-electron chi connectivity index (χ2n) is 4.57. The van der Waals surface area contributed by atoms with Gasteiger partial charge < -0.3 is 10.5 Å². The van der Waals surface area contributed by atoms with E-state index in [-0.39, 0.29) is 0 Å². The summed E-state index contributed by atoms with van der Waals surface area (Å²) in [7, 11) is 1.67. The largest absolute Gasteiger partial charge is 0.496 e. The Kier molecular flexibility index (Phi) is 3.99. The van der Waals surface area contributed by atoms with Crippen molar-refractivity contribution in [1.29, 1.82) is 0 Å². The number of para-hydroxylation sites is 1. The lowest BCUT2D eigenvalue weighted by molar-refractivity contribution is 0.416. The molecule has 0 unspecified atom stereocenters. The molecule has 2 N–H and O–H groups in total. The fourth-order valence-electron chi connectivity index (χ4n) is 2.24. The fraction of sp³-hybridized carbons (Fsp3) is 0.118. The third kappa shape index (κ3) is 2.68. The van der Waals surface area contributed by atoms with Crippen LogP contribution in [0.3, 0.4) is 0 Å². The third-order valence-electron chi connectivity index (χ3n) is 3.26. The first-order chi connectivity index (χ1) is 10.3. The third-order valence-corrected chi connectivity index (χ3v) is 4.44. The minimum absolute atomic E-state index is 0.426. The van der Waals surface area contributed by atoms with Gasteiger partial charge in [-0.3, -0.25) is 0 Å². The van der Waals surface area contributed by atoms with Crippen LogP contribution in [0.25, 0.3) is 21.0 Å². The van der Waals surface area contributed by atoms with E-state index < -0.39 is 0 Å². The van der Waals surface area contributed by atoms with Crippen molar-refractivity contribution in [3.63, 3.8) is 0 Å². The molecule has 2 aromatic carbocycles. The number of aromatic nitrogens is 1. The average Bonchev–Trinajstić information content (AvgIpc) is 2.99. The average molecular weight is 296 g/mol. The van der Waals surface area contributed by atoms with Gasteiger partial charge in [0.1, 0.15) is 10.8 Å². The van der Waals surface area contributed by atoms with E-state index in [4.69, 9.17) is 15.5 Å². The highest BCUT2D eigenvalue weighted by Crippen LogP contribution is 2.38. The van der Waals surface area contributed by atoms with E-state index in [0.717, 1.165) is 32.5 Å². The second kappa shape index (κ2) is 6.08. The van der Waals surface area contributed by atoms with Crippen LogP contribution in [0.15, 0.2) is 54.6 Å². The molecule has 0 amide bonds. The summed E-state index contributed by atoms with van der Waals surface area (Å²) >= 11 is 1.65. The minimum atomic E-state index is 0.426. The van der Waals surface area contributed by atoms with Gasteiger partial charge in [0.25, 0.3) is 0 Å². The molecule has 0 saturated heterocycles. The van der Waals surface area contributed by atoms with Crippen molar-refractivity contribution in [2.24, 2.45) is 5.73 Å². The summed E-state index contributed by atoms with van der Waals surface area (Å²) in [6.07, 6.45) is 0. The lowest BCUT2D eigenvalue weighted by Gasteiger charge is -2.04. The topological polar surface area (TPSA) is 48.1 Å². The van der Waals surface area contributed by atoms with Gasteiger partial charge in [-0.25, -0.2) is 4.98 Å². The van der Waals surface area contributed by atoms with Crippen LogP contribution >= 0.6 is 11.3 Å². The molecule has 0 spiro atoms. The molecular weight excluding hydrogens is 280 g/mol. The number of nitrogens with two attached hydrogens (primary N) is 1. The first-order valence-corrected chi connectivity index (χ1v) is 7.53. The molecular formula is C17H16N2OS. The molecule has 0 radical (unpaired) electrons. The van der Waals surface area contributed by atoms with Gasteiger partial charge in [0, 0.05) is 6.54 Å². The summed E-state index contributed by atoms with van der Waals surface area (Å²) in [5.41, 5.74) is 8.94. The standard InChI is InChI=1S/C17H16N2OS/c1-20-15-10-6-5-9-13(15)17-19-14(11-18)16(21-17)12-7-3-2-4-8-12/h2-10H,11,18H2,1H3. The zero-order chi connectivity index (χ0) is 14.7. The lowest BCUT2D eigenvalue weighted by Crippen LogP contribution is -1.98. The van der Waals surface area contributed by atoms with Crippen LogP contribution in [0.4, 0.5) is 0 Å². The van der Waals surface area contributed by atoms with E-state index >= 15 is 0 Å². The second-order valence-corrected chi connectivity index (χ2v) is 5.56. The van der Waals surface area contributed by atoms with E-state index in [0.29, 0.717) is 6.54 Å². The monoisotopic (exact) mass is 296 g/mol. The van der Waals surface area contributed by atoms with Gasteiger partial charge in [-0.05, 0) is 17.7 Å². The highest BCUT2D eigenvalue weighted by atomic mass is 32.1. The van der Waals surface area contributed by atoms with Crippen molar-refractivity contribution < 1.29 is 4.74 Å². The van der Waals surface area contributed by atoms with Gasteiger partial charge in [-0.15, -0.1) is 11.3 Å². The number of hydrogen-bond acceptors (Lipinski definition) is 4. The number of hydrogen-bond donors (Lipinski definition) is 1. The highest BCUT2D eigenvalue weighted by Gasteiger charge is 2.15. The van der Waals surface area contributed by atoms with Crippen molar-refractivity contribution in [3.8, 4) is 26.8 Å². The number of ether oxygens (including phenoxy) is 1. The Hall–Kier alpha value is -2.17. The predicted molar refractivity (Wildman–Crippen MR) is 87.4 cm³/mol. The quantitative estimate of drug-likeness (QED) is 0.793. The van der Waals surface area contributed by atoms with Gasteiger partial charge in [-0.1, -0.05) is 42.5 Å². The zero-order valence-corrected chi connectivity index (χ0v) is 12.6. The van der Waals surface area contributed by atoms with Crippen LogP contribution in [-0.4, -0.2) is 12.1 Å². The highest BCUT2D eigenvalue weighted by molar-refractivity contribution is 7.18. The molecule has 3 rings (SSSR count). The molecule has 4 heteroatoms. The molecule has 1 aromatic heterocycles. The number of nitrogens with zero attached hydrogens (tertiary/aromatic N) is 1. The Balaban J connectivity index is 2.12. The molecule has 3 nitrogen and oxygen atoms in total. The number of rotatable bonds is 4. The summed E-state index contributed by atoms with van der Waals surface area (Å²) in [5.74, 6) is 0.828. The van der Waals surface area contributed by atoms with E-state index in [2.05, 4.69) is 12.1 Å². The molecule has 21 heavy (non-hydrogen) atoms. The maximum Gasteiger partial charge on any atom is 0.129 e. The summed E-state index contributed by atoms with van der Waals surface area (Å²) in [6.45, 7) is 0.426. The van der Waals surface area contributed by atoms with Gasteiger partial charge in [0.15, 0.2) is 0 Å². The molecule has 0 aliphatic carbocycles. The first-order valence-electron chi connectivity index (χ1n) is 6.72. The predicted octanol–water partition coefficient (Wildman–Crippen LogP) is 3.94. The van der Waals surface area contributed by atoms with Crippen molar-refractivity contribution in [3.05, 3.63) is 60.3 Å². The summed E-state index contributed by atoms with van der Waals surface area (Å²) < 4.78 is 5.42. The Morgan fingerprint density at radius 2 is 1.76 bits per heavy atom. The van der Waals surface area contributed by atoms with E-state index in [9.17, 15) is 0 Å². The van der Waals surface area contributed by atoms with Gasteiger partial charge in [-0.2, -0.15) is 0 Å². The lowest BCUT2D eigenvalue weighted by atomic mass is 10.1. The molecule has 3 aromatic rings. The van der Waals surface area contributed by atoms with Gasteiger partial charge >= 0.3 is 0 Å². The minimum Gasteiger partial charge on any atom is -0.496 e. The normalized spacial score (nSPS) is 10.6. The molecule has 0 aliphatic heterocycles. The van der Waals surface area contributed by atoms with E-state index in [1.54, 1.807) is 18.4 Å². The van der Waals surface area contributed by atoms with Crippen molar-refractivity contribution in [2.45, 2.75) is 6.54 Å². The van der Waals surface area contributed by atoms with Crippen molar-refractivity contribution >= 4 is 11.3 Å². The van der Waals surface area contributed by atoms with Crippen LogP contribution in [0, 0.1) is 0 Å². The molecule has 1 heterocycles. The van der Waals surface area contributed by atoms with Crippen LogP contribution in [0.2, 0.25) is 0 Å². The van der Waals surface area contributed by atoms with Crippen LogP contribution in [0.5, 0.6) is 5.75 Å². The smallest absolute Gasteiger partial charge is 0.129 e. The van der Waals surface area contributed by atoms with Crippen LogP contribution in [0.1, 0.15) is 5.69 Å². The fourth-order valence-corrected chi connectivity index (χ4v) is 3.37. The van der Waals surface area contributed by atoms with Crippen molar-refractivity contribution in [2.75, 3.05) is 7.11 Å². The number of benzene rings is 2. The maximum atomic E-state index is 5.86. The van der Waals surface area contributed by atoms with E-state index in [1.165, 1.54) is 0 Å². The summed E-state index contributed by atoms with van der Waals surface area (Å²) in [5, 5.41) is 0.937. The van der Waals surface area contributed by atoms with Crippen LogP contribution in [-0.2, 0) is 6.54 Å². The molecule has 106 valence electrons.